The van der Waals surface area contributed by atoms with E-state index in [4.69, 9.17) is 4.74 Å². The van der Waals surface area contributed by atoms with Gasteiger partial charge in [0, 0.05) is 89.2 Å². The molecule has 6 rings (SSSR count). The van der Waals surface area contributed by atoms with Crippen LogP contribution in [0.15, 0.2) is 60.9 Å². The summed E-state index contributed by atoms with van der Waals surface area (Å²) in [6.07, 6.45) is 6.80. The first-order valence-electron chi connectivity index (χ1n) is 13.4. The van der Waals surface area contributed by atoms with Crippen LogP contribution in [0.3, 0.4) is 0 Å². The zero-order valence-corrected chi connectivity index (χ0v) is 21.3. The molecule has 37 heavy (non-hydrogen) atoms. The normalized spacial score (nSPS) is 21.0. The molecule has 3 fully saturated rings. The fourth-order valence-electron chi connectivity index (χ4n) is 5.50. The summed E-state index contributed by atoms with van der Waals surface area (Å²) in [5.74, 6) is 1.90. The Kier molecular flexibility index (Phi) is 7.05. The average molecular weight is 502 g/mol. The van der Waals surface area contributed by atoms with Gasteiger partial charge in [-0.25, -0.2) is 0 Å². The van der Waals surface area contributed by atoms with E-state index in [2.05, 4.69) is 37.0 Å². The van der Waals surface area contributed by atoms with E-state index in [1.807, 2.05) is 58.3 Å². The monoisotopic (exact) mass is 501 g/mol. The van der Waals surface area contributed by atoms with Gasteiger partial charge in [0.1, 0.15) is 0 Å². The van der Waals surface area contributed by atoms with Crippen molar-refractivity contribution in [3.05, 3.63) is 66.5 Å². The first kappa shape index (κ1) is 23.9. The van der Waals surface area contributed by atoms with Gasteiger partial charge >= 0.3 is 0 Å². The van der Waals surface area contributed by atoms with E-state index >= 15 is 0 Å². The fraction of sp³-hybridized carbons (Fsp3) is 0.464. The minimum atomic E-state index is 0.0822. The molecule has 3 aliphatic heterocycles. The molecule has 1 aromatic carbocycles. The third kappa shape index (κ3) is 5.47. The van der Waals surface area contributed by atoms with Crippen LogP contribution in [0.25, 0.3) is 5.69 Å². The predicted octanol–water partition coefficient (Wildman–Crippen LogP) is 2.53. The van der Waals surface area contributed by atoms with Crippen molar-refractivity contribution in [1.82, 2.24) is 24.6 Å². The number of ether oxygens (including phenoxy) is 1. The first-order chi connectivity index (χ1) is 18.2. The van der Waals surface area contributed by atoms with Gasteiger partial charge in [0.05, 0.1) is 6.10 Å². The third-order valence-electron chi connectivity index (χ3n) is 7.73. The predicted molar refractivity (Wildman–Crippen MR) is 144 cm³/mol. The number of carbonyl (C=O) groups excluding carboxylic acids is 1. The number of carbonyl (C=O) groups is 1. The van der Waals surface area contributed by atoms with Crippen LogP contribution in [0.2, 0.25) is 0 Å². The molecule has 194 valence electrons. The van der Waals surface area contributed by atoms with E-state index in [1.165, 1.54) is 12.8 Å². The molecule has 3 aromatic rings. The second kappa shape index (κ2) is 10.9. The zero-order valence-electron chi connectivity index (χ0n) is 21.3. The summed E-state index contributed by atoms with van der Waals surface area (Å²) in [4.78, 5) is 22.0. The van der Waals surface area contributed by atoms with E-state index in [9.17, 15) is 4.79 Å². The highest BCUT2D eigenvalue weighted by Crippen LogP contribution is 2.20. The Morgan fingerprint density at radius 3 is 2.00 bits per heavy atom. The van der Waals surface area contributed by atoms with Crippen LogP contribution in [-0.2, 0) is 4.74 Å². The Hall–Kier alpha value is -3.43. The highest BCUT2D eigenvalue weighted by molar-refractivity contribution is 5.94. The number of nitrogens with zero attached hydrogens (tertiary/aromatic N) is 7. The standard InChI is InChI=1S/C28H35N7O2/c36-28(23-5-7-24(8-6-23)32-11-1-2-12-32)35-19-17-34(18-20-35)27-10-9-26(29-30-27)33-15-13-31(14-16-33)22-25-4-3-21-37-25/h1-2,5-12,25H,3-4,13-22H2. The van der Waals surface area contributed by atoms with Gasteiger partial charge in [-0.15, -0.1) is 10.2 Å². The molecular weight excluding hydrogens is 466 g/mol. The minimum Gasteiger partial charge on any atom is -0.377 e. The molecule has 0 saturated carbocycles. The fourth-order valence-corrected chi connectivity index (χ4v) is 5.50. The van der Waals surface area contributed by atoms with Crippen LogP contribution < -0.4 is 9.80 Å². The summed E-state index contributed by atoms with van der Waals surface area (Å²) in [7, 11) is 0. The molecule has 9 nitrogen and oxygen atoms in total. The lowest BCUT2D eigenvalue weighted by Crippen LogP contribution is -2.49. The van der Waals surface area contributed by atoms with Crippen LogP contribution in [0.1, 0.15) is 23.2 Å². The largest absolute Gasteiger partial charge is 0.377 e. The molecule has 0 N–H and O–H groups in total. The van der Waals surface area contributed by atoms with Gasteiger partial charge in [-0.3, -0.25) is 9.69 Å². The average Bonchev–Trinajstić information content (AvgIpc) is 3.69. The van der Waals surface area contributed by atoms with Gasteiger partial charge in [-0.2, -0.15) is 0 Å². The molecule has 0 bridgehead atoms. The van der Waals surface area contributed by atoms with E-state index in [-0.39, 0.29) is 5.91 Å². The number of amides is 1. The lowest BCUT2D eigenvalue weighted by Gasteiger charge is -2.37. The molecule has 1 atom stereocenters. The summed E-state index contributed by atoms with van der Waals surface area (Å²) in [6, 6.07) is 15.9. The van der Waals surface area contributed by atoms with Crippen LogP contribution in [-0.4, -0.2) is 102 Å². The number of piperazine rings is 2. The summed E-state index contributed by atoms with van der Waals surface area (Å²) < 4.78 is 7.83. The van der Waals surface area contributed by atoms with Crippen molar-refractivity contribution in [2.75, 3.05) is 75.3 Å². The van der Waals surface area contributed by atoms with Crippen LogP contribution in [0, 0.1) is 0 Å². The van der Waals surface area contributed by atoms with Crippen molar-refractivity contribution < 1.29 is 9.53 Å². The minimum absolute atomic E-state index is 0.0822. The Labute approximate surface area is 218 Å². The van der Waals surface area contributed by atoms with Crippen molar-refractivity contribution in [3.8, 4) is 5.69 Å². The maximum absolute atomic E-state index is 13.0. The van der Waals surface area contributed by atoms with Gasteiger partial charge in [-0.1, -0.05) is 0 Å². The van der Waals surface area contributed by atoms with Crippen LogP contribution in [0.4, 0.5) is 11.6 Å². The number of anilines is 2. The zero-order chi connectivity index (χ0) is 25.0. The van der Waals surface area contributed by atoms with E-state index < -0.39 is 0 Å². The molecule has 1 unspecified atom stereocenters. The SMILES string of the molecule is O=C(c1ccc(-n2cccc2)cc1)N1CCN(c2ccc(N3CCN(CC4CCCO4)CC3)nn2)CC1. The highest BCUT2D eigenvalue weighted by atomic mass is 16.5. The molecule has 9 heteroatoms. The lowest BCUT2D eigenvalue weighted by molar-refractivity contribution is 0.0712. The number of hydrogen-bond acceptors (Lipinski definition) is 7. The maximum atomic E-state index is 13.0. The molecular formula is C28H35N7O2. The number of hydrogen-bond donors (Lipinski definition) is 0. The Bertz CT molecular complexity index is 1140. The molecule has 1 amide bonds. The van der Waals surface area contributed by atoms with Gasteiger partial charge in [-0.05, 0) is 61.4 Å². The van der Waals surface area contributed by atoms with Gasteiger partial charge in [0.25, 0.3) is 5.91 Å². The van der Waals surface area contributed by atoms with Crippen molar-refractivity contribution in [2.45, 2.75) is 18.9 Å². The number of rotatable bonds is 6. The summed E-state index contributed by atoms with van der Waals surface area (Å²) in [5, 5.41) is 9.08. The summed E-state index contributed by atoms with van der Waals surface area (Å²) >= 11 is 0. The second-order valence-electron chi connectivity index (χ2n) is 10.1. The summed E-state index contributed by atoms with van der Waals surface area (Å²) in [5.41, 5.74) is 1.78. The van der Waals surface area contributed by atoms with Crippen molar-refractivity contribution in [1.29, 1.82) is 0 Å². The summed E-state index contributed by atoms with van der Waals surface area (Å²) in [6.45, 7) is 8.83. The molecule has 2 aromatic heterocycles. The molecule has 5 heterocycles. The number of benzene rings is 1. The van der Waals surface area contributed by atoms with E-state index in [0.717, 1.165) is 75.3 Å². The Balaban J connectivity index is 0.984. The maximum Gasteiger partial charge on any atom is 0.253 e. The number of aromatic nitrogens is 3. The molecule has 0 aliphatic carbocycles. The Morgan fingerprint density at radius 2 is 1.43 bits per heavy atom. The molecule has 3 saturated heterocycles. The molecule has 0 spiro atoms. The van der Waals surface area contributed by atoms with Crippen molar-refractivity contribution in [3.63, 3.8) is 0 Å². The van der Waals surface area contributed by atoms with Gasteiger partial charge in [0.15, 0.2) is 11.6 Å². The molecule has 3 aliphatic rings. The first-order valence-corrected chi connectivity index (χ1v) is 13.4. The Morgan fingerprint density at radius 1 is 0.811 bits per heavy atom. The molecule has 0 radical (unpaired) electrons. The lowest BCUT2D eigenvalue weighted by atomic mass is 10.1. The van der Waals surface area contributed by atoms with Crippen molar-refractivity contribution >= 4 is 17.5 Å². The highest BCUT2D eigenvalue weighted by Gasteiger charge is 2.25. The van der Waals surface area contributed by atoms with E-state index in [0.29, 0.717) is 19.2 Å². The smallest absolute Gasteiger partial charge is 0.253 e. The topological polar surface area (TPSA) is 70.0 Å². The second-order valence-corrected chi connectivity index (χ2v) is 10.1. The third-order valence-corrected chi connectivity index (χ3v) is 7.73. The van der Waals surface area contributed by atoms with Crippen LogP contribution in [0.5, 0.6) is 0 Å². The van der Waals surface area contributed by atoms with Gasteiger partial charge in [0.2, 0.25) is 0 Å². The van der Waals surface area contributed by atoms with Crippen molar-refractivity contribution in [2.24, 2.45) is 0 Å². The van der Waals surface area contributed by atoms with E-state index in [1.54, 1.807) is 0 Å². The van der Waals surface area contributed by atoms with Gasteiger partial charge < -0.3 is 24.0 Å². The quantitative estimate of drug-likeness (QED) is 0.514. The van der Waals surface area contributed by atoms with Crippen LogP contribution >= 0.6 is 0 Å².